The van der Waals surface area contributed by atoms with Gasteiger partial charge in [0.05, 0.1) is 0 Å². The van der Waals surface area contributed by atoms with Gasteiger partial charge in [-0.2, -0.15) is 0 Å². The van der Waals surface area contributed by atoms with Crippen LogP contribution in [0.4, 0.5) is 0 Å². The molecule has 1 aromatic carbocycles. The predicted octanol–water partition coefficient (Wildman–Crippen LogP) is 3.56. The molecule has 1 nitrogen and oxygen atoms in total. The average molecular weight is 230 g/mol. The van der Waals surface area contributed by atoms with E-state index in [1.165, 1.54) is 4.90 Å². The van der Waals surface area contributed by atoms with Crippen molar-refractivity contribution >= 4 is 23.4 Å². The van der Waals surface area contributed by atoms with Crippen molar-refractivity contribution in [3.05, 3.63) is 29.3 Å². The van der Waals surface area contributed by atoms with Crippen LogP contribution in [0.15, 0.2) is 29.2 Å². The molecule has 0 atom stereocenters. The molecule has 0 aliphatic heterocycles. The monoisotopic (exact) mass is 229 g/mol. The fraction of sp³-hybridized carbons (Fsp3) is 0.455. The largest absolute Gasteiger partial charge is 0.326 e. The second-order valence-electron chi connectivity index (χ2n) is 4.04. The minimum absolute atomic E-state index is 0.0700. The summed E-state index contributed by atoms with van der Waals surface area (Å²) in [4.78, 5) is 1.25. The topological polar surface area (TPSA) is 26.0 Å². The third-order valence-electron chi connectivity index (χ3n) is 1.83. The molecule has 0 amide bonds. The van der Waals surface area contributed by atoms with E-state index in [1.54, 1.807) is 0 Å². The number of hydrogen-bond donors (Lipinski definition) is 1. The quantitative estimate of drug-likeness (QED) is 0.799. The van der Waals surface area contributed by atoms with Crippen LogP contribution in [0, 0.1) is 0 Å². The zero-order chi connectivity index (χ0) is 10.6. The summed E-state index contributed by atoms with van der Waals surface area (Å²) in [6, 6.07) is 7.90. The van der Waals surface area contributed by atoms with Gasteiger partial charge in [-0.05, 0) is 50.3 Å². The molecular weight excluding hydrogens is 214 g/mol. The highest BCUT2D eigenvalue weighted by Crippen LogP contribution is 2.22. The minimum atomic E-state index is -0.0700. The Morgan fingerprint density at radius 1 is 1.29 bits per heavy atom. The van der Waals surface area contributed by atoms with Gasteiger partial charge >= 0.3 is 0 Å². The van der Waals surface area contributed by atoms with Crippen molar-refractivity contribution in [2.24, 2.45) is 5.73 Å². The first-order valence-corrected chi connectivity index (χ1v) is 6.01. The van der Waals surface area contributed by atoms with Gasteiger partial charge < -0.3 is 5.73 Å². The van der Waals surface area contributed by atoms with Gasteiger partial charge in [0.25, 0.3) is 0 Å². The molecule has 78 valence electrons. The fourth-order valence-corrected chi connectivity index (χ4v) is 2.28. The van der Waals surface area contributed by atoms with E-state index in [9.17, 15) is 0 Å². The Hall–Kier alpha value is -0.180. The molecule has 0 saturated carbocycles. The molecule has 0 radical (unpaired) electrons. The minimum Gasteiger partial charge on any atom is -0.326 e. The van der Waals surface area contributed by atoms with E-state index < -0.39 is 0 Å². The third kappa shape index (κ3) is 4.89. The van der Waals surface area contributed by atoms with E-state index in [4.69, 9.17) is 17.3 Å². The first kappa shape index (κ1) is 11.9. The van der Waals surface area contributed by atoms with Crippen LogP contribution < -0.4 is 5.73 Å². The molecule has 0 aliphatic rings. The second kappa shape index (κ2) is 5.06. The maximum absolute atomic E-state index is 5.89. The van der Waals surface area contributed by atoms with E-state index in [-0.39, 0.29) is 5.54 Å². The molecule has 0 aromatic heterocycles. The van der Waals surface area contributed by atoms with Crippen LogP contribution in [-0.2, 0) is 0 Å². The lowest BCUT2D eigenvalue weighted by Crippen LogP contribution is -2.32. The lowest BCUT2D eigenvalue weighted by Gasteiger charge is -2.17. The van der Waals surface area contributed by atoms with Crippen molar-refractivity contribution in [2.75, 3.05) is 5.75 Å². The van der Waals surface area contributed by atoms with Gasteiger partial charge in [-0.1, -0.05) is 11.6 Å². The number of rotatable bonds is 4. The smallest absolute Gasteiger partial charge is 0.0406 e. The molecule has 0 fully saturated rings. The molecule has 3 heteroatoms. The van der Waals surface area contributed by atoms with Gasteiger partial charge in [0, 0.05) is 15.5 Å². The lowest BCUT2D eigenvalue weighted by atomic mass is 10.0. The van der Waals surface area contributed by atoms with Gasteiger partial charge in [-0.15, -0.1) is 11.8 Å². The Morgan fingerprint density at radius 2 is 1.86 bits per heavy atom. The van der Waals surface area contributed by atoms with E-state index >= 15 is 0 Å². The van der Waals surface area contributed by atoms with Crippen LogP contribution in [0.1, 0.15) is 20.3 Å². The number of thioether (sulfide) groups is 1. The molecule has 14 heavy (non-hydrogen) atoms. The summed E-state index contributed by atoms with van der Waals surface area (Å²) in [6.45, 7) is 4.10. The van der Waals surface area contributed by atoms with Crippen LogP contribution in [-0.4, -0.2) is 11.3 Å². The first-order valence-electron chi connectivity index (χ1n) is 4.65. The molecule has 2 N–H and O–H groups in total. The molecule has 1 aromatic rings. The Labute approximate surface area is 95.0 Å². The number of hydrogen-bond acceptors (Lipinski definition) is 2. The van der Waals surface area contributed by atoms with Crippen LogP contribution >= 0.6 is 23.4 Å². The lowest BCUT2D eigenvalue weighted by molar-refractivity contribution is 0.506. The van der Waals surface area contributed by atoms with Gasteiger partial charge in [0.2, 0.25) is 0 Å². The molecule has 0 unspecified atom stereocenters. The highest BCUT2D eigenvalue weighted by atomic mass is 35.5. The van der Waals surface area contributed by atoms with Crippen LogP contribution in [0.3, 0.4) is 0 Å². The number of benzene rings is 1. The molecule has 0 heterocycles. The normalized spacial score (nSPS) is 11.7. The summed E-state index contributed by atoms with van der Waals surface area (Å²) in [5, 5.41) is 0.786. The molecule has 0 saturated heterocycles. The van der Waals surface area contributed by atoms with Crippen LogP contribution in [0.25, 0.3) is 0 Å². The van der Waals surface area contributed by atoms with Crippen molar-refractivity contribution in [1.29, 1.82) is 0 Å². The molecule has 1 rings (SSSR count). The summed E-state index contributed by atoms with van der Waals surface area (Å²) in [6.07, 6.45) is 1.01. The SMILES string of the molecule is CC(C)(N)CCSc1ccc(Cl)cc1. The third-order valence-corrected chi connectivity index (χ3v) is 3.09. The molecule has 0 aliphatic carbocycles. The maximum atomic E-state index is 5.89. The number of nitrogens with two attached hydrogens (primary N) is 1. The zero-order valence-corrected chi connectivity index (χ0v) is 10.2. The van der Waals surface area contributed by atoms with Crippen LogP contribution in [0.5, 0.6) is 0 Å². The van der Waals surface area contributed by atoms with E-state index in [0.717, 1.165) is 17.2 Å². The first-order chi connectivity index (χ1) is 6.47. The summed E-state index contributed by atoms with van der Waals surface area (Å²) in [5.74, 6) is 1.05. The second-order valence-corrected chi connectivity index (χ2v) is 5.65. The number of halogens is 1. The molecule has 0 spiro atoms. The van der Waals surface area contributed by atoms with Crippen molar-refractivity contribution in [3.8, 4) is 0 Å². The Kier molecular flexibility index (Phi) is 4.30. The summed E-state index contributed by atoms with van der Waals surface area (Å²) >= 11 is 7.61. The standard InChI is InChI=1S/C11H16ClNS/c1-11(2,13)7-8-14-10-5-3-9(12)4-6-10/h3-6H,7-8,13H2,1-2H3. The van der Waals surface area contributed by atoms with E-state index in [2.05, 4.69) is 13.8 Å². The summed E-state index contributed by atoms with van der Waals surface area (Å²) < 4.78 is 0. The van der Waals surface area contributed by atoms with Crippen molar-refractivity contribution in [3.63, 3.8) is 0 Å². The van der Waals surface area contributed by atoms with Gasteiger partial charge in [0.1, 0.15) is 0 Å². The van der Waals surface area contributed by atoms with E-state index in [1.807, 2.05) is 36.0 Å². The zero-order valence-electron chi connectivity index (χ0n) is 8.59. The molecule has 0 bridgehead atoms. The Morgan fingerprint density at radius 3 is 2.36 bits per heavy atom. The van der Waals surface area contributed by atoms with Gasteiger partial charge in [0.15, 0.2) is 0 Å². The van der Waals surface area contributed by atoms with Gasteiger partial charge in [-0.25, -0.2) is 0 Å². The highest BCUT2D eigenvalue weighted by molar-refractivity contribution is 7.99. The van der Waals surface area contributed by atoms with Crippen molar-refractivity contribution in [2.45, 2.75) is 30.7 Å². The van der Waals surface area contributed by atoms with E-state index in [0.29, 0.717) is 0 Å². The predicted molar refractivity (Wildman–Crippen MR) is 65.1 cm³/mol. The Bertz CT molecular complexity index is 276. The summed E-state index contributed by atoms with van der Waals surface area (Å²) in [7, 11) is 0. The fourth-order valence-electron chi connectivity index (χ4n) is 0.963. The van der Waals surface area contributed by atoms with Gasteiger partial charge in [-0.3, -0.25) is 0 Å². The maximum Gasteiger partial charge on any atom is 0.0406 e. The van der Waals surface area contributed by atoms with Crippen molar-refractivity contribution in [1.82, 2.24) is 0 Å². The summed E-state index contributed by atoms with van der Waals surface area (Å²) in [5.41, 5.74) is 5.82. The highest BCUT2D eigenvalue weighted by Gasteiger charge is 2.09. The molecular formula is C11H16ClNS. The Balaban J connectivity index is 2.35. The van der Waals surface area contributed by atoms with Crippen molar-refractivity contribution < 1.29 is 0 Å². The average Bonchev–Trinajstić information content (AvgIpc) is 2.06. The van der Waals surface area contributed by atoms with Crippen LogP contribution in [0.2, 0.25) is 5.02 Å².